The molecule has 8 heteroatoms. The molecule has 1 aliphatic heterocycles. The Morgan fingerprint density at radius 2 is 1.90 bits per heavy atom. The topological polar surface area (TPSA) is 58.2 Å². The van der Waals surface area contributed by atoms with Crippen LogP contribution in [0.5, 0.6) is 0 Å². The maximum absolute atomic E-state index is 14.2. The zero-order valence-electron chi connectivity index (χ0n) is 18.8. The summed E-state index contributed by atoms with van der Waals surface area (Å²) in [4.78, 5) is 21.0. The number of halogens is 2. The number of aromatic amines is 1. The van der Waals surface area contributed by atoms with Crippen molar-refractivity contribution in [3.8, 4) is 22.7 Å². The van der Waals surface area contributed by atoms with Crippen LogP contribution in [-0.2, 0) is 4.74 Å². The fourth-order valence-electron chi connectivity index (χ4n) is 3.22. The molecular weight excluding hydrogens is 416 g/mol. The maximum Gasteiger partial charge on any atom is 0.411 e. The Hall–Kier alpha value is -2.66. The van der Waals surface area contributed by atoms with E-state index in [9.17, 15) is 13.6 Å². The van der Waals surface area contributed by atoms with Crippen LogP contribution in [0.1, 0.15) is 44.6 Å². The molecule has 0 radical (unpaired) electrons. The Labute approximate surface area is 183 Å². The molecule has 5 nitrogen and oxygen atoms in total. The van der Waals surface area contributed by atoms with Crippen LogP contribution in [0.3, 0.4) is 0 Å². The van der Waals surface area contributed by atoms with E-state index < -0.39 is 44.7 Å². The molecule has 166 valence electrons. The number of hydrogen-bond donors (Lipinski definition) is 1. The molecule has 2 aromatic rings. The summed E-state index contributed by atoms with van der Waals surface area (Å²) in [6.07, 6.45) is 0.338. The van der Waals surface area contributed by atoms with Crippen molar-refractivity contribution in [1.29, 1.82) is 0 Å². The van der Waals surface area contributed by atoms with Crippen LogP contribution in [0.15, 0.2) is 30.5 Å². The van der Waals surface area contributed by atoms with E-state index in [-0.39, 0.29) is 0 Å². The summed E-state index contributed by atoms with van der Waals surface area (Å²) in [5.74, 6) is 0.529. The third kappa shape index (κ3) is 6.17. The van der Waals surface area contributed by atoms with E-state index >= 15 is 0 Å². The molecule has 1 atom stereocenters. The second-order valence-corrected chi connectivity index (χ2v) is 14.7. The standard InChI is InChI=1S/C23H29F2N3O2Si/c1-22(2,3)30-21(29)28-15-23(24,25)13-19(28)20-26-14-18(27-20)17-9-7-16(8-10-17)11-12-31(4,5)6/h7-10,14,19H,13,15H2,1-6H3,(H,26,27)/t19-/m0/s1. The van der Waals surface area contributed by atoms with Gasteiger partial charge in [-0.25, -0.2) is 18.6 Å². The third-order valence-corrected chi connectivity index (χ3v) is 5.46. The van der Waals surface area contributed by atoms with E-state index in [1.807, 2.05) is 24.3 Å². The molecule has 31 heavy (non-hydrogen) atoms. The highest BCUT2D eigenvalue weighted by atomic mass is 28.3. The van der Waals surface area contributed by atoms with Gasteiger partial charge in [-0.2, -0.15) is 0 Å². The van der Waals surface area contributed by atoms with Gasteiger partial charge in [-0.05, 0) is 38.5 Å². The first-order chi connectivity index (χ1) is 14.2. The van der Waals surface area contributed by atoms with Crippen LogP contribution in [0, 0.1) is 11.5 Å². The van der Waals surface area contributed by atoms with E-state index in [2.05, 4.69) is 41.1 Å². The number of carbonyl (C=O) groups is 1. The molecule has 1 N–H and O–H groups in total. The lowest BCUT2D eigenvalue weighted by Crippen LogP contribution is -2.38. The van der Waals surface area contributed by atoms with Crippen LogP contribution in [0.4, 0.5) is 13.6 Å². The molecule has 2 heterocycles. The minimum absolute atomic E-state index is 0.320. The van der Waals surface area contributed by atoms with Crippen LogP contribution >= 0.6 is 0 Å². The Morgan fingerprint density at radius 1 is 1.26 bits per heavy atom. The fraction of sp³-hybridized carbons (Fsp3) is 0.478. The van der Waals surface area contributed by atoms with Crippen molar-refractivity contribution in [3.63, 3.8) is 0 Å². The number of alkyl halides is 2. The van der Waals surface area contributed by atoms with E-state index in [0.717, 1.165) is 16.0 Å². The number of nitrogens with zero attached hydrogens (tertiary/aromatic N) is 2. The van der Waals surface area contributed by atoms with Gasteiger partial charge in [0, 0.05) is 12.0 Å². The monoisotopic (exact) mass is 445 g/mol. The number of likely N-dealkylation sites (tertiary alicyclic amines) is 1. The lowest BCUT2D eigenvalue weighted by Gasteiger charge is -2.27. The zero-order chi connectivity index (χ0) is 23.0. The largest absolute Gasteiger partial charge is 0.444 e. The summed E-state index contributed by atoms with van der Waals surface area (Å²) in [7, 11) is -1.45. The SMILES string of the molecule is CC(C)(C)OC(=O)N1CC(F)(F)C[C@H]1c1ncc(-c2ccc(C#C[Si](C)(C)C)cc2)[nH]1. The van der Waals surface area contributed by atoms with E-state index in [1.54, 1.807) is 27.0 Å². The van der Waals surface area contributed by atoms with Crippen molar-refractivity contribution in [2.75, 3.05) is 6.54 Å². The molecule has 0 bridgehead atoms. The molecule has 1 saturated heterocycles. The van der Waals surface area contributed by atoms with E-state index in [0.29, 0.717) is 11.5 Å². The van der Waals surface area contributed by atoms with Crippen LogP contribution in [0.2, 0.25) is 19.6 Å². The first-order valence-electron chi connectivity index (χ1n) is 10.3. The minimum atomic E-state index is -2.99. The van der Waals surface area contributed by atoms with Gasteiger partial charge in [0.2, 0.25) is 0 Å². The molecule has 0 saturated carbocycles. The number of amides is 1. The molecule has 1 fully saturated rings. The summed E-state index contributed by atoms with van der Waals surface area (Å²) in [5, 5.41) is 0. The minimum Gasteiger partial charge on any atom is -0.444 e. The maximum atomic E-state index is 14.2. The predicted molar refractivity (Wildman–Crippen MR) is 119 cm³/mol. The molecular formula is C23H29F2N3O2Si. The van der Waals surface area contributed by atoms with Crippen molar-refractivity contribution < 1.29 is 18.3 Å². The summed E-state index contributed by atoms with van der Waals surface area (Å²) >= 11 is 0. The van der Waals surface area contributed by atoms with Crippen molar-refractivity contribution in [2.24, 2.45) is 0 Å². The number of H-pyrrole nitrogens is 1. The highest BCUT2D eigenvalue weighted by Gasteiger charge is 2.49. The van der Waals surface area contributed by atoms with Gasteiger partial charge in [0.15, 0.2) is 0 Å². The molecule has 1 amide bonds. The molecule has 3 rings (SSSR count). The van der Waals surface area contributed by atoms with Gasteiger partial charge >= 0.3 is 6.09 Å². The normalized spacial score (nSPS) is 18.5. The number of carbonyl (C=O) groups excluding carboxylic acids is 1. The summed E-state index contributed by atoms with van der Waals surface area (Å²) in [6, 6.07) is 6.82. The quantitative estimate of drug-likeness (QED) is 0.482. The Morgan fingerprint density at radius 3 is 2.48 bits per heavy atom. The number of benzene rings is 1. The summed E-state index contributed by atoms with van der Waals surface area (Å²) in [6.45, 7) is 11.0. The molecule has 1 aromatic heterocycles. The van der Waals surface area contributed by atoms with E-state index in [1.165, 1.54) is 0 Å². The molecule has 1 aliphatic rings. The zero-order valence-corrected chi connectivity index (χ0v) is 19.8. The Balaban J connectivity index is 1.81. The number of hydrogen-bond acceptors (Lipinski definition) is 3. The van der Waals surface area contributed by atoms with Gasteiger partial charge in [0.25, 0.3) is 5.92 Å². The van der Waals surface area contributed by atoms with Crippen molar-refractivity contribution >= 4 is 14.2 Å². The first kappa shape index (κ1) is 23.0. The number of rotatable bonds is 2. The van der Waals surface area contributed by atoms with Gasteiger partial charge in [-0.1, -0.05) is 37.7 Å². The summed E-state index contributed by atoms with van der Waals surface area (Å²) < 4.78 is 33.6. The van der Waals surface area contributed by atoms with Gasteiger partial charge < -0.3 is 9.72 Å². The second kappa shape index (κ2) is 8.12. The number of imidazole rings is 1. The fourth-order valence-corrected chi connectivity index (χ4v) is 3.74. The third-order valence-electron chi connectivity index (χ3n) is 4.59. The number of aromatic nitrogens is 2. The highest BCUT2D eigenvalue weighted by Crippen LogP contribution is 2.41. The Bertz CT molecular complexity index is 1010. The lowest BCUT2D eigenvalue weighted by molar-refractivity contribution is -0.00248. The smallest absolute Gasteiger partial charge is 0.411 e. The van der Waals surface area contributed by atoms with Crippen molar-refractivity contribution in [2.45, 2.75) is 64.4 Å². The molecule has 0 spiro atoms. The van der Waals surface area contributed by atoms with Crippen molar-refractivity contribution in [3.05, 3.63) is 41.9 Å². The predicted octanol–water partition coefficient (Wildman–Crippen LogP) is 5.62. The van der Waals surface area contributed by atoms with Crippen LogP contribution in [0.25, 0.3) is 11.3 Å². The molecule has 0 unspecified atom stereocenters. The van der Waals surface area contributed by atoms with Gasteiger partial charge in [-0.3, -0.25) is 4.90 Å². The van der Waals surface area contributed by atoms with E-state index in [4.69, 9.17) is 4.74 Å². The first-order valence-corrected chi connectivity index (χ1v) is 13.8. The second-order valence-electron chi connectivity index (χ2n) is 9.94. The summed E-state index contributed by atoms with van der Waals surface area (Å²) in [5.41, 5.74) is 5.04. The molecule has 0 aliphatic carbocycles. The average molecular weight is 446 g/mol. The highest BCUT2D eigenvalue weighted by molar-refractivity contribution is 6.83. The van der Waals surface area contributed by atoms with Crippen LogP contribution < -0.4 is 0 Å². The number of nitrogens with one attached hydrogen (secondary N) is 1. The lowest BCUT2D eigenvalue weighted by atomic mass is 10.1. The average Bonchev–Trinajstić information content (AvgIpc) is 3.22. The van der Waals surface area contributed by atoms with Crippen molar-refractivity contribution in [1.82, 2.24) is 14.9 Å². The Kier molecular flexibility index (Phi) is 6.02. The molecule has 1 aromatic carbocycles. The van der Waals surface area contributed by atoms with Gasteiger partial charge in [0.05, 0.1) is 24.5 Å². The van der Waals surface area contributed by atoms with Crippen LogP contribution in [-0.4, -0.2) is 47.1 Å². The van der Waals surface area contributed by atoms with Gasteiger partial charge in [0.1, 0.15) is 19.5 Å². The van der Waals surface area contributed by atoms with Gasteiger partial charge in [-0.15, -0.1) is 5.54 Å². The number of ether oxygens (including phenoxy) is 1.